The lowest BCUT2D eigenvalue weighted by Gasteiger charge is -2.22. The second kappa shape index (κ2) is 4.16. The number of hydrogen-bond donors (Lipinski definition) is 0. The molecule has 0 spiro atoms. The predicted octanol–water partition coefficient (Wildman–Crippen LogP) is 3.42. The summed E-state index contributed by atoms with van der Waals surface area (Å²) in [6.45, 7) is 0. The van der Waals surface area contributed by atoms with Crippen molar-refractivity contribution in [2.45, 2.75) is 25.2 Å². The van der Waals surface area contributed by atoms with E-state index in [-0.39, 0.29) is 11.7 Å². The van der Waals surface area contributed by atoms with Crippen LogP contribution in [0.1, 0.15) is 41.1 Å². The van der Waals surface area contributed by atoms with Crippen molar-refractivity contribution in [1.29, 1.82) is 5.26 Å². The number of benzene rings is 1. The molecular weight excluding hydrogens is 254 g/mol. The molecule has 1 atom stereocenters. The van der Waals surface area contributed by atoms with Gasteiger partial charge in [-0.1, -0.05) is 22.0 Å². The number of halogens is 1. The monoisotopic (exact) mass is 263 g/mol. The summed E-state index contributed by atoms with van der Waals surface area (Å²) < 4.78 is 0.971. The summed E-state index contributed by atoms with van der Waals surface area (Å²) in [5.41, 5.74) is 1.83. The van der Waals surface area contributed by atoms with E-state index in [9.17, 15) is 4.79 Å². The fourth-order valence-corrected chi connectivity index (χ4v) is 2.42. The lowest BCUT2D eigenvalue weighted by Crippen LogP contribution is -2.15. The van der Waals surface area contributed by atoms with Crippen LogP contribution in [0.25, 0.3) is 0 Å². The summed E-state index contributed by atoms with van der Waals surface area (Å²) in [4.78, 5) is 11.6. The van der Waals surface area contributed by atoms with E-state index < -0.39 is 0 Å². The summed E-state index contributed by atoms with van der Waals surface area (Å²) in [6.07, 6.45) is 1.87. The molecular formula is C12H10BrNO. The first-order chi connectivity index (χ1) is 7.22. The zero-order chi connectivity index (χ0) is 10.8. The fourth-order valence-electron chi connectivity index (χ4n) is 2.04. The van der Waals surface area contributed by atoms with Crippen LogP contribution in [0.3, 0.4) is 0 Å². The maximum Gasteiger partial charge on any atom is 0.163 e. The van der Waals surface area contributed by atoms with E-state index in [1.807, 2.05) is 18.2 Å². The SMILES string of the molecule is N#CCC1CCC(=O)c2ccc(Br)cc21. The Hall–Kier alpha value is -1.14. The van der Waals surface area contributed by atoms with Crippen molar-refractivity contribution in [1.82, 2.24) is 0 Å². The molecule has 0 saturated heterocycles. The molecule has 0 saturated carbocycles. The van der Waals surface area contributed by atoms with E-state index in [1.165, 1.54) is 0 Å². The highest BCUT2D eigenvalue weighted by molar-refractivity contribution is 9.10. The standard InChI is InChI=1S/C12H10BrNO/c13-9-2-3-10-11(7-9)8(5-6-14)1-4-12(10)15/h2-3,7-8H,1,4-5H2. The Bertz CT molecular complexity index is 447. The van der Waals surface area contributed by atoms with Gasteiger partial charge in [-0.2, -0.15) is 5.26 Å². The summed E-state index contributed by atoms with van der Waals surface area (Å²) in [6, 6.07) is 7.89. The highest BCUT2D eigenvalue weighted by Crippen LogP contribution is 2.35. The molecule has 76 valence electrons. The van der Waals surface area contributed by atoms with Gasteiger partial charge < -0.3 is 0 Å². The third-order valence-corrected chi connectivity index (χ3v) is 3.30. The van der Waals surface area contributed by atoms with E-state index in [0.29, 0.717) is 12.8 Å². The number of rotatable bonds is 1. The number of nitriles is 1. The molecule has 0 N–H and O–H groups in total. The lowest BCUT2D eigenvalue weighted by atomic mass is 9.81. The third-order valence-electron chi connectivity index (χ3n) is 2.81. The zero-order valence-electron chi connectivity index (χ0n) is 8.16. The Morgan fingerprint density at radius 2 is 2.33 bits per heavy atom. The molecule has 0 aromatic heterocycles. The van der Waals surface area contributed by atoms with Crippen LogP contribution >= 0.6 is 15.9 Å². The summed E-state index contributed by atoms with van der Waals surface area (Å²) in [5, 5.41) is 8.73. The largest absolute Gasteiger partial charge is 0.294 e. The van der Waals surface area contributed by atoms with Gasteiger partial charge in [0, 0.05) is 22.9 Å². The van der Waals surface area contributed by atoms with Gasteiger partial charge in [-0.3, -0.25) is 4.79 Å². The molecule has 1 aliphatic rings. The molecule has 15 heavy (non-hydrogen) atoms. The smallest absolute Gasteiger partial charge is 0.163 e. The Balaban J connectivity index is 2.47. The summed E-state index contributed by atoms with van der Waals surface area (Å²) in [5.74, 6) is 0.423. The zero-order valence-corrected chi connectivity index (χ0v) is 9.75. The molecule has 0 fully saturated rings. The molecule has 1 aromatic carbocycles. The molecule has 1 aromatic rings. The summed E-state index contributed by atoms with van der Waals surface area (Å²) >= 11 is 3.39. The number of carbonyl (C=O) groups is 1. The van der Waals surface area contributed by atoms with Crippen molar-refractivity contribution in [3.63, 3.8) is 0 Å². The first kappa shape index (κ1) is 10.4. The van der Waals surface area contributed by atoms with Crippen LogP contribution in [0.4, 0.5) is 0 Å². The van der Waals surface area contributed by atoms with Crippen LogP contribution in [0.5, 0.6) is 0 Å². The van der Waals surface area contributed by atoms with Crippen LogP contribution in [0.15, 0.2) is 22.7 Å². The van der Waals surface area contributed by atoms with Crippen LogP contribution in [0.2, 0.25) is 0 Å². The number of fused-ring (bicyclic) bond motifs is 1. The third kappa shape index (κ3) is 1.95. The van der Waals surface area contributed by atoms with E-state index in [4.69, 9.17) is 5.26 Å². The van der Waals surface area contributed by atoms with Crippen LogP contribution < -0.4 is 0 Å². The molecule has 0 bridgehead atoms. The van der Waals surface area contributed by atoms with Gasteiger partial charge in [-0.15, -0.1) is 0 Å². The highest BCUT2D eigenvalue weighted by atomic mass is 79.9. The molecule has 0 heterocycles. The van der Waals surface area contributed by atoms with Gasteiger partial charge in [0.25, 0.3) is 0 Å². The number of carbonyl (C=O) groups excluding carboxylic acids is 1. The molecule has 2 nitrogen and oxygen atoms in total. The van der Waals surface area contributed by atoms with Crippen LogP contribution in [-0.4, -0.2) is 5.78 Å². The van der Waals surface area contributed by atoms with E-state index >= 15 is 0 Å². The minimum absolute atomic E-state index is 0.201. The predicted molar refractivity (Wildman–Crippen MR) is 60.7 cm³/mol. The van der Waals surface area contributed by atoms with Gasteiger partial charge in [-0.25, -0.2) is 0 Å². The first-order valence-corrected chi connectivity index (χ1v) is 5.71. The first-order valence-electron chi connectivity index (χ1n) is 4.92. The van der Waals surface area contributed by atoms with Crippen LogP contribution in [-0.2, 0) is 0 Å². The Morgan fingerprint density at radius 1 is 1.53 bits per heavy atom. The quantitative estimate of drug-likeness (QED) is 0.779. The summed E-state index contributed by atoms with van der Waals surface area (Å²) in [7, 11) is 0. The maximum absolute atomic E-state index is 11.6. The van der Waals surface area contributed by atoms with Crippen molar-refractivity contribution < 1.29 is 4.79 Å². The Morgan fingerprint density at radius 3 is 3.07 bits per heavy atom. The average Bonchev–Trinajstić information content (AvgIpc) is 2.22. The minimum Gasteiger partial charge on any atom is -0.294 e. The second-order valence-electron chi connectivity index (χ2n) is 3.75. The van der Waals surface area contributed by atoms with Gasteiger partial charge in [0.1, 0.15) is 0 Å². The Labute approximate surface area is 97.0 Å². The van der Waals surface area contributed by atoms with Gasteiger partial charge >= 0.3 is 0 Å². The van der Waals surface area contributed by atoms with Gasteiger partial charge in [0.15, 0.2) is 5.78 Å². The van der Waals surface area contributed by atoms with E-state index in [2.05, 4.69) is 22.0 Å². The topological polar surface area (TPSA) is 40.9 Å². The molecule has 1 unspecified atom stereocenters. The van der Waals surface area contributed by atoms with E-state index in [1.54, 1.807) is 0 Å². The minimum atomic E-state index is 0.201. The molecule has 0 amide bonds. The molecule has 0 aliphatic heterocycles. The number of Topliss-reactive ketones (excluding diaryl/α,β-unsaturated/α-hetero) is 1. The highest BCUT2D eigenvalue weighted by Gasteiger charge is 2.25. The van der Waals surface area contributed by atoms with Gasteiger partial charge in [0.2, 0.25) is 0 Å². The average molecular weight is 264 g/mol. The fraction of sp³-hybridized carbons (Fsp3) is 0.333. The van der Waals surface area contributed by atoms with Crippen molar-refractivity contribution in [2.24, 2.45) is 0 Å². The van der Waals surface area contributed by atoms with Crippen molar-refractivity contribution >= 4 is 21.7 Å². The lowest BCUT2D eigenvalue weighted by molar-refractivity contribution is 0.0967. The number of hydrogen-bond acceptors (Lipinski definition) is 2. The van der Waals surface area contributed by atoms with Crippen molar-refractivity contribution in [3.05, 3.63) is 33.8 Å². The second-order valence-corrected chi connectivity index (χ2v) is 4.67. The molecule has 0 radical (unpaired) electrons. The number of nitrogens with zero attached hydrogens (tertiary/aromatic N) is 1. The van der Waals surface area contributed by atoms with Gasteiger partial charge in [0.05, 0.1) is 6.07 Å². The van der Waals surface area contributed by atoms with Gasteiger partial charge in [-0.05, 0) is 30.0 Å². The molecule has 3 heteroatoms. The normalized spacial score (nSPS) is 19.5. The van der Waals surface area contributed by atoms with E-state index in [0.717, 1.165) is 22.0 Å². The van der Waals surface area contributed by atoms with Crippen molar-refractivity contribution in [3.8, 4) is 6.07 Å². The molecule has 2 rings (SSSR count). The van der Waals surface area contributed by atoms with Crippen LogP contribution in [0, 0.1) is 11.3 Å². The van der Waals surface area contributed by atoms with Crippen molar-refractivity contribution in [2.75, 3.05) is 0 Å². The Kier molecular flexibility index (Phi) is 2.88. The maximum atomic E-state index is 11.6. The number of ketones is 1. The molecule has 1 aliphatic carbocycles.